The summed E-state index contributed by atoms with van der Waals surface area (Å²) in [6.45, 7) is 4.68. The molecule has 2 aromatic heterocycles. The van der Waals surface area contributed by atoms with Gasteiger partial charge in [0.05, 0.1) is 41.8 Å². The van der Waals surface area contributed by atoms with Crippen LogP contribution in [-0.4, -0.2) is 140 Å². The highest BCUT2D eigenvalue weighted by atomic mass is 16.6. The zero-order valence-corrected chi connectivity index (χ0v) is 31.1. The minimum Gasteiger partial charge on any atom is -0.438 e. The zero-order chi connectivity index (χ0) is 38.9. The topological polar surface area (TPSA) is 210 Å². The maximum absolute atomic E-state index is 13.4. The van der Waals surface area contributed by atoms with Gasteiger partial charge in [-0.15, -0.1) is 0 Å². The van der Waals surface area contributed by atoms with Crippen LogP contribution in [0.1, 0.15) is 81.0 Å². The second-order valence-corrected chi connectivity index (χ2v) is 15.8. The Balaban J connectivity index is 0.792. The first-order valence-corrected chi connectivity index (χ1v) is 19.2. The predicted molar refractivity (Wildman–Crippen MR) is 198 cm³/mol. The summed E-state index contributed by atoms with van der Waals surface area (Å²) in [5.74, 6) is -2.06. The molecule has 18 nitrogen and oxygen atoms in total. The van der Waals surface area contributed by atoms with Crippen LogP contribution in [0.4, 0.5) is 16.3 Å². The first-order chi connectivity index (χ1) is 26.9. The number of anilines is 2. The van der Waals surface area contributed by atoms with Gasteiger partial charge in [-0.2, -0.15) is 5.10 Å². The SMILES string of the molecule is Cn1cc(Cc2nc(N3CCCC(N4CC5(CN(C6CCN(c7ccc8c(c7)C(=O)N(C7CCC(=O)NC7=O)C8=O)CC6)C5)OC4=O)C3)cnc2C(N)=O)cn1. The molecule has 1 spiro atoms. The van der Waals surface area contributed by atoms with Crippen LogP contribution in [0.25, 0.3) is 0 Å². The number of amides is 6. The molecule has 2 atom stereocenters. The van der Waals surface area contributed by atoms with E-state index in [1.807, 2.05) is 24.2 Å². The number of likely N-dealkylation sites (tertiary alicyclic amines) is 1. The molecule has 5 fully saturated rings. The minimum atomic E-state index is -0.997. The van der Waals surface area contributed by atoms with E-state index in [1.165, 1.54) is 0 Å². The monoisotopic (exact) mass is 765 g/mol. The number of rotatable bonds is 8. The highest BCUT2D eigenvalue weighted by molar-refractivity contribution is 6.23. The van der Waals surface area contributed by atoms with Gasteiger partial charge in [-0.25, -0.2) is 14.8 Å². The summed E-state index contributed by atoms with van der Waals surface area (Å²) in [5, 5.41) is 6.45. The molecule has 5 saturated heterocycles. The number of ether oxygens (including phenoxy) is 1. The lowest BCUT2D eigenvalue weighted by molar-refractivity contribution is -0.136. The van der Waals surface area contributed by atoms with Crippen LogP contribution >= 0.6 is 0 Å². The van der Waals surface area contributed by atoms with Crippen LogP contribution in [0.15, 0.2) is 36.8 Å². The fourth-order valence-electron chi connectivity index (χ4n) is 9.26. The summed E-state index contributed by atoms with van der Waals surface area (Å²) >= 11 is 0. The fourth-order valence-corrected chi connectivity index (χ4v) is 9.26. The first kappa shape index (κ1) is 35.8. The van der Waals surface area contributed by atoms with Crippen molar-refractivity contribution in [3.05, 3.63) is 64.9 Å². The van der Waals surface area contributed by atoms with E-state index < -0.39 is 41.2 Å². The summed E-state index contributed by atoms with van der Waals surface area (Å²) in [5.41, 5.74) is 7.98. The molecule has 6 amide bonds. The summed E-state index contributed by atoms with van der Waals surface area (Å²) in [4.78, 5) is 94.9. The van der Waals surface area contributed by atoms with Crippen LogP contribution in [0.5, 0.6) is 0 Å². The number of aryl methyl sites for hydroxylation is 1. The Morgan fingerprint density at radius 2 is 1.73 bits per heavy atom. The van der Waals surface area contributed by atoms with Gasteiger partial charge in [0.2, 0.25) is 11.8 Å². The Bertz CT molecular complexity index is 2160. The summed E-state index contributed by atoms with van der Waals surface area (Å²) in [7, 11) is 1.82. The smallest absolute Gasteiger partial charge is 0.410 e. The maximum Gasteiger partial charge on any atom is 0.410 e. The predicted octanol–water partition coefficient (Wildman–Crippen LogP) is 0.445. The second-order valence-electron chi connectivity index (χ2n) is 15.8. The van der Waals surface area contributed by atoms with E-state index in [2.05, 4.69) is 30.1 Å². The number of hydrogen-bond acceptors (Lipinski definition) is 13. The van der Waals surface area contributed by atoms with Crippen molar-refractivity contribution >= 4 is 47.1 Å². The quantitative estimate of drug-likeness (QED) is 0.299. The molecular formula is C38H43N11O7. The number of nitrogens with zero attached hydrogens (tertiary/aromatic N) is 9. The Labute approximate surface area is 321 Å². The molecule has 56 heavy (non-hydrogen) atoms. The molecule has 18 heteroatoms. The zero-order valence-electron chi connectivity index (χ0n) is 31.1. The fraction of sp³-hybridized carbons (Fsp3) is 0.500. The molecule has 2 unspecified atom stereocenters. The van der Waals surface area contributed by atoms with E-state index in [0.717, 1.165) is 61.5 Å². The van der Waals surface area contributed by atoms with Gasteiger partial charge in [0.15, 0.2) is 5.60 Å². The molecule has 1 aromatic carbocycles. The van der Waals surface area contributed by atoms with E-state index >= 15 is 0 Å². The average Bonchev–Trinajstić information content (AvgIpc) is 3.83. The highest BCUT2D eigenvalue weighted by Crippen LogP contribution is 2.39. The van der Waals surface area contributed by atoms with Gasteiger partial charge in [0, 0.05) is 77.1 Å². The van der Waals surface area contributed by atoms with Crippen LogP contribution < -0.4 is 20.9 Å². The third kappa shape index (κ3) is 6.30. The Morgan fingerprint density at radius 3 is 2.46 bits per heavy atom. The van der Waals surface area contributed by atoms with Gasteiger partial charge in [-0.3, -0.25) is 48.7 Å². The maximum atomic E-state index is 13.4. The number of imide groups is 2. The number of fused-ring (bicyclic) bond motifs is 1. The van der Waals surface area contributed by atoms with Gasteiger partial charge >= 0.3 is 6.09 Å². The molecule has 6 aliphatic heterocycles. The Morgan fingerprint density at radius 1 is 0.946 bits per heavy atom. The first-order valence-electron chi connectivity index (χ1n) is 19.2. The van der Waals surface area contributed by atoms with Crippen molar-refractivity contribution in [2.45, 2.75) is 68.7 Å². The molecule has 0 saturated carbocycles. The lowest BCUT2D eigenvalue weighted by atomic mass is 9.88. The van der Waals surface area contributed by atoms with Gasteiger partial charge in [-0.1, -0.05) is 0 Å². The highest BCUT2D eigenvalue weighted by Gasteiger charge is 2.56. The molecule has 0 radical (unpaired) electrons. The molecular weight excluding hydrogens is 722 g/mol. The number of carbonyl (C=O) groups excluding carboxylic acids is 6. The van der Waals surface area contributed by atoms with Crippen molar-refractivity contribution in [3.8, 4) is 0 Å². The van der Waals surface area contributed by atoms with E-state index in [-0.39, 0.29) is 41.8 Å². The van der Waals surface area contributed by atoms with Crippen LogP contribution in [0.2, 0.25) is 0 Å². The standard InChI is InChI=1S/C38H43N11O7/c1-44-17-22(15-41-44)13-28-32(33(39)51)40-16-30(42-28)46-10-2-3-25(18-46)48-21-38(56-37(48)55)19-47(20-38)23-8-11-45(12-9-23)24-4-5-26-27(14-24)36(54)49(35(26)53)29-6-7-31(50)43-34(29)52/h4-5,14-17,23,25,29H,2-3,6-13,18-21H2,1H3,(H2,39,51)(H,43,50,52). The van der Waals surface area contributed by atoms with Crippen molar-refractivity contribution in [2.24, 2.45) is 12.8 Å². The van der Waals surface area contributed by atoms with E-state index in [0.29, 0.717) is 50.2 Å². The second kappa shape index (κ2) is 13.7. The number of nitrogens with two attached hydrogens (primary N) is 1. The number of nitrogens with one attached hydrogen (secondary N) is 1. The van der Waals surface area contributed by atoms with Crippen molar-refractivity contribution in [1.29, 1.82) is 0 Å². The normalized spacial score (nSPS) is 24.1. The van der Waals surface area contributed by atoms with Crippen LogP contribution in [0, 0.1) is 0 Å². The van der Waals surface area contributed by atoms with Crippen molar-refractivity contribution in [2.75, 3.05) is 55.6 Å². The molecule has 0 aliphatic carbocycles. The number of carbonyl (C=O) groups is 6. The van der Waals surface area contributed by atoms with Gasteiger partial charge in [0.1, 0.15) is 17.6 Å². The van der Waals surface area contributed by atoms with Gasteiger partial charge in [0.25, 0.3) is 17.7 Å². The number of aromatic nitrogens is 4. The third-order valence-corrected chi connectivity index (χ3v) is 12.1. The molecule has 9 rings (SSSR count). The van der Waals surface area contributed by atoms with Crippen LogP contribution in [-0.2, 0) is 27.8 Å². The van der Waals surface area contributed by atoms with Crippen molar-refractivity contribution in [1.82, 2.24) is 39.8 Å². The Hall–Kier alpha value is -5.91. The van der Waals surface area contributed by atoms with Crippen LogP contribution in [0.3, 0.4) is 0 Å². The van der Waals surface area contributed by atoms with Gasteiger partial charge in [-0.05, 0) is 55.9 Å². The minimum absolute atomic E-state index is 0.0575. The average molecular weight is 766 g/mol. The number of piperidine rings is 3. The number of primary amides is 1. The van der Waals surface area contributed by atoms with E-state index in [9.17, 15) is 28.8 Å². The summed E-state index contributed by atoms with van der Waals surface area (Å²) in [6.07, 6.45) is 8.90. The van der Waals surface area contributed by atoms with Crippen molar-refractivity contribution < 1.29 is 33.5 Å². The largest absolute Gasteiger partial charge is 0.438 e. The lowest BCUT2D eigenvalue weighted by Gasteiger charge is -2.51. The molecule has 6 aliphatic rings. The van der Waals surface area contributed by atoms with E-state index in [1.54, 1.807) is 29.2 Å². The third-order valence-electron chi connectivity index (χ3n) is 12.1. The number of benzene rings is 1. The summed E-state index contributed by atoms with van der Waals surface area (Å²) < 4.78 is 7.77. The van der Waals surface area contributed by atoms with Crippen molar-refractivity contribution in [3.63, 3.8) is 0 Å². The lowest BCUT2D eigenvalue weighted by Crippen LogP contribution is -2.67. The molecule has 292 valence electrons. The summed E-state index contributed by atoms with van der Waals surface area (Å²) in [6, 6.07) is 4.50. The molecule has 3 aromatic rings. The molecule has 3 N–H and O–H groups in total. The molecule has 0 bridgehead atoms. The Kier molecular flexibility index (Phi) is 8.74. The van der Waals surface area contributed by atoms with E-state index in [4.69, 9.17) is 15.5 Å². The molecule has 8 heterocycles. The van der Waals surface area contributed by atoms with Gasteiger partial charge < -0.3 is 20.3 Å². The number of hydrogen-bond donors (Lipinski definition) is 2.